The van der Waals surface area contributed by atoms with Gasteiger partial charge in [-0.25, -0.2) is 0 Å². The van der Waals surface area contributed by atoms with E-state index in [1.165, 1.54) is 11.1 Å². The molecular weight excluding hydrogens is 216 g/mol. The molecule has 1 aromatic carbocycles. The van der Waals surface area contributed by atoms with Crippen molar-refractivity contribution in [3.8, 4) is 0 Å². The lowest BCUT2D eigenvalue weighted by Crippen LogP contribution is -2.40. The van der Waals surface area contributed by atoms with Crippen LogP contribution in [0.2, 0.25) is 0 Å². The maximum atomic E-state index is 10.8. The first-order valence-electron chi connectivity index (χ1n) is 5.93. The number of hydrogen-bond acceptors (Lipinski definition) is 3. The zero-order valence-electron chi connectivity index (χ0n) is 9.76. The Morgan fingerprint density at radius 1 is 1.47 bits per heavy atom. The lowest BCUT2D eigenvalue weighted by atomic mass is 9.89. The molecule has 4 N–H and O–H groups in total. The van der Waals surface area contributed by atoms with Gasteiger partial charge in [0.05, 0.1) is 12.7 Å². The lowest BCUT2D eigenvalue weighted by molar-refractivity contribution is -0.121. The molecule has 1 aromatic rings. The number of carbonyl (C=O) groups excluding carboxylic acids is 1. The Labute approximate surface area is 101 Å². The molecule has 0 bridgehead atoms. The molecule has 1 aliphatic rings. The monoisotopic (exact) mass is 234 g/mol. The van der Waals surface area contributed by atoms with Crippen LogP contribution in [0.4, 0.5) is 0 Å². The number of aryl methyl sites for hydroxylation is 1. The summed E-state index contributed by atoms with van der Waals surface area (Å²) >= 11 is 0. The summed E-state index contributed by atoms with van der Waals surface area (Å²) in [7, 11) is 0. The minimum absolute atomic E-state index is 0.0466. The Kier molecular flexibility index (Phi) is 3.76. The standard InChI is InChI=1S/C13H18N2O2/c14-11(13(15)16)8-17-12-7-3-5-9-4-1-2-6-10(9)12/h1-2,4,6,11-12H,3,5,7-8,14H2,(H2,15,16). The second-order valence-electron chi connectivity index (χ2n) is 4.42. The highest BCUT2D eigenvalue weighted by molar-refractivity contribution is 5.79. The van der Waals surface area contributed by atoms with Gasteiger partial charge in [0.2, 0.25) is 5.91 Å². The van der Waals surface area contributed by atoms with Crippen LogP contribution in [0, 0.1) is 0 Å². The smallest absolute Gasteiger partial charge is 0.236 e. The summed E-state index contributed by atoms with van der Waals surface area (Å²) in [6.45, 7) is 0.189. The summed E-state index contributed by atoms with van der Waals surface area (Å²) in [6.07, 6.45) is 3.22. The van der Waals surface area contributed by atoms with E-state index in [2.05, 4.69) is 12.1 Å². The van der Waals surface area contributed by atoms with Gasteiger partial charge in [0, 0.05) is 0 Å². The summed E-state index contributed by atoms with van der Waals surface area (Å²) < 4.78 is 5.71. The van der Waals surface area contributed by atoms with E-state index >= 15 is 0 Å². The third-order valence-electron chi connectivity index (χ3n) is 3.16. The number of amides is 1. The van der Waals surface area contributed by atoms with Crippen molar-refractivity contribution < 1.29 is 9.53 Å². The molecule has 2 rings (SSSR count). The summed E-state index contributed by atoms with van der Waals surface area (Å²) in [5.74, 6) is -0.519. The number of benzene rings is 1. The average molecular weight is 234 g/mol. The third-order valence-corrected chi connectivity index (χ3v) is 3.16. The molecule has 0 heterocycles. The Bertz CT molecular complexity index is 406. The van der Waals surface area contributed by atoms with Gasteiger partial charge in [-0.3, -0.25) is 4.79 Å². The molecule has 92 valence electrons. The van der Waals surface area contributed by atoms with Crippen LogP contribution in [0.25, 0.3) is 0 Å². The summed E-state index contributed by atoms with van der Waals surface area (Å²) in [5, 5.41) is 0. The lowest BCUT2D eigenvalue weighted by Gasteiger charge is -2.26. The van der Waals surface area contributed by atoms with E-state index < -0.39 is 11.9 Å². The molecule has 17 heavy (non-hydrogen) atoms. The highest BCUT2D eigenvalue weighted by Gasteiger charge is 2.21. The zero-order valence-corrected chi connectivity index (χ0v) is 9.76. The van der Waals surface area contributed by atoms with Gasteiger partial charge in [0.1, 0.15) is 6.04 Å². The first kappa shape index (κ1) is 12.1. The van der Waals surface area contributed by atoms with Crippen molar-refractivity contribution in [3.63, 3.8) is 0 Å². The van der Waals surface area contributed by atoms with Crippen LogP contribution < -0.4 is 11.5 Å². The van der Waals surface area contributed by atoms with Crippen molar-refractivity contribution in [3.05, 3.63) is 35.4 Å². The largest absolute Gasteiger partial charge is 0.371 e. The molecule has 1 amide bonds. The SMILES string of the molecule is NC(=O)C(N)COC1CCCc2ccccc21. The first-order valence-corrected chi connectivity index (χ1v) is 5.93. The van der Waals surface area contributed by atoms with Crippen molar-refractivity contribution >= 4 is 5.91 Å². The second-order valence-corrected chi connectivity index (χ2v) is 4.42. The van der Waals surface area contributed by atoms with Crippen LogP contribution in [0.5, 0.6) is 0 Å². The minimum Gasteiger partial charge on any atom is -0.371 e. The number of nitrogens with two attached hydrogens (primary N) is 2. The zero-order chi connectivity index (χ0) is 12.3. The molecule has 0 spiro atoms. The second kappa shape index (κ2) is 5.29. The van der Waals surface area contributed by atoms with Crippen molar-refractivity contribution in [1.82, 2.24) is 0 Å². The van der Waals surface area contributed by atoms with Crippen molar-refractivity contribution in [2.24, 2.45) is 11.5 Å². The maximum Gasteiger partial charge on any atom is 0.236 e. The van der Waals surface area contributed by atoms with Crippen molar-refractivity contribution in [1.29, 1.82) is 0 Å². The molecule has 2 unspecified atom stereocenters. The van der Waals surface area contributed by atoms with E-state index in [9.17, 15) is 4.79 Å². The Morgan fingerprint density at radius 2 is 2.24 bits per heavy atom. The van der Waals surface area contributed by atoms with Gasteiger partial charge in [-0.2, -0.15) is 0 Å². The molecule has 0 radical (unpaired) electrons. The fraction of sp³-hybridized carbons (Fsp3) is 0.462. The van der Waals surface area contributed by atoms with Crippen LogP contribution in [0.3, 0.4) is 0 Å². The van der Waals surface area contributed by atoms with Crippen LogP contribution in [-0.2, 0) is 16.0 Å². The molecule has 0 saturated heterocycles. The number of fused-ring (bicyclic) bond motifs is 1. The fourth-order valence-corrected chi connectivity index (χ4v) is 2.18. The van der Waals surface area contributed by atoms with Gasteiger partial charge in [0.15, 0.2) is 0 Å². The summed E-state index contributed by atoms with van der Waals surface area (Å²) in [5.41, 5.74) is 13.2. The van der Waals surface area contributed by atoms with Crippen LogP contribution >= 0.6 is 0 Å². The quantitative estimate of drug-likeness (QED) is 0.812. The fourth-order valence-electron chi connectivity index (χ4n) is 2.18. The Morgan fingerprint density at radius 3 is 3.00 bits per heavy atom. The van der Waals surface area contributed by atoms with Gasteiger partial charge in [-0.15, -0.1) is 0 Å². The Balaban J connectivity index is 2.01. The highest BCUT2D eigenvalue weighted by Crippen LogP contribution is 2.32. The molecule has 0 aliphatic heterocycles. The molecule has 0 aromatic heterocycles. The number of carbonyl (C=O) groups is 1. The molecule has 4 heteroatoms. The van der Waals surface area contributed by atoms with E-state index in [1.54, 1.807) is 0 Å². The van der Waals surface area contributed by atoms with Gasteiger partial charge in [0.25, 0.3) is 0 Å². The highest BCUT2D eigenvalue weighted by atomic mass is 16.5. The van der Waals surface area contributed by atoms with E-state index in [0.29, 0.717) is 0 Å². The predicted octanol–water partition coefficient (Wildman–Crippen LogP) is 0.893. The summed E-state index contributed by atoms with van der Waals surface area (Å²) in [6, 6.07) is 7.53. The number of ether oxygens (including phenoxy) is 1. The molecular formula is C13H18N2O2. The van der Waals surface area contributed by atoms with Gasteiger partial charge in [-0.05, 0) is 30.4 Å². The average Bonchev–Trinajstić information content (AvgIpc) is 2.35. The van der Waals surface area contributed by atoms with Crippen LogP contribution in [0.1, 0.15) is 30.1 Å². The van der Waals surface area contributed by atoms with E-state index in [1.807, 2.05) is 12.1 Å². The topological polar surface area (TPSA) is 78.3 Å². The molecule has 0 fully saturated rings. The predicted molar refractivity (Wildman–Crippen MR) is 65.2 cm³/mol. The number of primary amides is 1. The molecule has 4 nitrogen and oxygen atoms in total. The van der Waals surface area contributed by atoms with Gasteiger partial charge >= 0.3 is 0 Å². The minimum atomic E-state index is -0.718. The van der Waals surface area contributed by atoms with Crippen LogP contribution in [-0.4, -0.2) is 18.6 Å². The van der Waals surface area contributed by atoms with E-state index in [-0.39, 0.29) is 12.7 Å². The number of rotatable bonds is 4. The molecule has 0 saturated carbocycles. The Hall–Kier alpha value is -1.39. The molecule has 2 atom stereocenters. The first-order chi connectivity index (χ1) is 8.18. The normalized spacial score (nSPS) is 20.6. The van der Waals surface area contributed by atoms with E-state index in [4.69, 9.17) is 16.2 Å². The van der Waals surface area contributed by atoms with Crippen molar-refractivity contribution in [2.75, 3.05) is 6.61 Å². The summed E-state index contributed by atoms with van der Waals surface area (Å²) in [4.78, 5) is 10.8. The van der Waals surface area contributed by atoms with Gasteiger partial charge < -0.3 is 16.2 Å². The third kappa shape index (κ3) is 2.84. The van der Waals surface area contributed by atoms with E-state index in [0.717, 1.165) is 19.3 Å². The maximum absolute atomic E-state index is 10.8. The molecule has 1 aliphatic carbocycles. The van der Waals surface area contributed by atoms with Gasteiger partial charge in [-0.1, -0.05) is 24.3 Å². The number of hydrogen-bond donors (Lipinski definition) is 2. The van der Waals surface area contributed by atoms with Crippen LogP contribution in [0.15, 0.2) is 24.3 Å². The van der Waals surface area contributed by atoms with Crippen molar-refractivity contribution in [2.45, 2.75) is 31.4 Å².